The molecule has 0 amide bonds. The molecule has 8 heavy (non-hydrogen) atoms. The number of carboxylic acid groups (broad SMARTS) is 1. The molecule has 0 rings (SSSR count). The number of rotatable bonds is 2. The van der Waals surface area contributed by atoms with Crippen LogP contribution in [0.25, 0.3) is 0 Å². The fourth-order valence-corrected chi connectivity index (χ4v) is 0.383. The van der Waals surface area contributed by atoms with E-state index in [-0.39, 0.29) is 35.4 Å². The summed E-state index contributed by atoms with van der Waals surface area (Å²) < 4.78 is 0.0487. The van der Waals surface area contributed by atoms with Crippen LogP contribution in [0.1, 0.15) is 1.43 Å². The van der Waals surface area contributed by atoms with Crippen molar-refractivity contribution >= 4 is 34.3 Å². The molecule has 0 bridgehead atoms. The molecule has 0 aliphatic rings. The molecule has 0 fully saturated rings. The Hall–Kier alpha value is 0.870. The van der Waals surface area contributed by atoms with Crippen molar-refractivity contribution in [3.8, 4) is 0 Å². The quantitative estimate of drug-likeness (QED) is 0.244. The molecule has 0 radical (unpaired) electrons. The number of ketones is 1. The van der Waals surface area contributed by atoms with E-state index >= 15 is 0 Å². The molecular formula is C3H4INaO3. The van der Waals surface area contributed by atoms with E-state index in [0.29, 0.717) is 0 Å². The zero-order valence-electron chi connectivity index (χ0n) is 5.35. The molecule has 5 heteroatoms. The summed E-state index contributed by atoms with van der Waals surface area (Å²) in [6.45, 7) is 0. The van der Waals surface area contributed by atoms with Gasteiger partial charge in [-0.25, -0.2) is 4.79 Å². The van der Waals surface area contributed by atoms with Gasteiger partial charge in [-0.2, -0.15) is 0 Å². The van der Waals surface area contributed by atoms with Crippen LogP contribution < -0.4 is 29.6 Å². The minimum absolute atomic E-state index is 0. The van der Waals surface area contributed by atoms with Crippen molar-refractivity contribution in [3.05, 3.63) is 0 Å². The molecule has 0 heterocycles. The van der Waals surface area contributed by atoms with E-state index in [9.17, 15) is 9.59 Å². The van der Waals surface area contributed by atoms with Crippen molar-refractivity contribution in [1.82, 2.24) is 0 Å². The largest absolute Gasteiger partial charge is 1.00 e. The van der Waals surface area contributed by atoms with E-state index in [0.717, 1.165) is 0 Å². The number of Topliss-reactive ketones (excluding diaryl/α,β-unsaturated/α-hetero) is 1. The SMILES string of the molecule is O=C(O)C(=O)CI.[H-].[Na+]. The van der Waals surface area contributed by atoms with Crippen molar-refractivity contribution in [1.29, 1.82) is 0 Å². The van der Waals surface area contributed by atoms with E-state index in [1.54, 1.807) is 22.6 Å². The molecule has 0 aliphatic carbocycles. The van der Waals surface area contributed by atoms with Gasteiger partial charge in [-0.15, -0.1) is 0 Å². The van der Waals surface area contributed by atoms with Gasteiger partial charge in [-0.05, 0) is 0 Å². The third-order valence-corrected chi connectivity index (χ3v) is 1.05. The fourth-order valence-electron chi connectivity index (χ4n) is 0.0572. The van der Waals surface area contributed by atoms with E-state index in [2.05, 4.69) is 0 Å². The molecule has 0 saturated carbocycles. The van der Waals surface area contributed by atoms with Crippen molar-refractivity contribution in [3.63, 3.8) is 0 Å². The van der Waals surface area contributed by atoms with Crippen LogP contribution >= 0.6 is 22.6 Å². The molecule has 0 atom stereocenters. The summed E-state index contributed by atoms with van der Waals surface area (Å²) in [4.78, 5) is 19.5. The van der Waals surface area contributed by atoms with Crippen LogP contribution in [0.15, 0.2) is 0 Å². The van der Waals surface area contributed by atoms with Gasteiger partial charge in [-0.1, -0.05) is 22.6 Å². The third-order valence-electron chi connectivity index (χ3n) is 0.360. The smallest absolute Gasteiger partial charge is 1.00 e. The summed E-state index contributed by atoms with van der Waals surface area (Å²) >= 11 is 1.70. The molecule has 0 unspecified atom stereocenters. The van der Waals surface area contributed by atoms with Gasteiger partial charge in [0.2, 0.25) is 5.78 Å². The maximum Gasteiger partial charge on any atom is 1.00 e. The van der Waals surface area contributed by atoms with Crippen LogP contribution in [0.2, 0.25) is 0 Å². The number of hydrogen-bond acceptors (Lipinski definition) is 2. The first-order chi connectivity index (χ1) is 3.18. The van der Waals surface area contributed by atoms with Crippen LogP contribution in [0.5, 0.6) is 0 Å². The molecule has 42 valence electrons. The number of carboxylic acids is 1. The minimum atomic E-state index is -1.35. The predicted octanol–water partition coefficient (Wildman–Crippen LogP) is -2.81. The van der Waals surface area contributed by atoms with Crippen molar-refractivity contribution < 1.29 is 45.7 Å². The van der Waals surface area contributed by atoms with Gasteiger partial charge in [0.25, 0.3) is 0 Å². The third kappa shape index (κ3) is 5.02. The Morgan fingerprint density at radius 3 is 2.00 bits per heavy atom. The second-order valence-corrected chi connectivity index (χ2v) is 1.62. The Balaban J connectivity index is -0.000000180. The first kappa shape index (κ1) is 11.6. The number of halogens is 1. The van der Waals surface area contributed by atoms with Crippen LogP contribution in [-0.4, -0.2) is 21.3 Å². The van der Waals surface area contributed by atoms with Crippen molar-refractivity contribution in [2.75, 3.05) is 4.43 Å². The van der Waals surface area contributed by atoms with Gasteiger partial charge >= 0.3 is 35.5 Å². The van der Waals surface area contributed by atoms with E-state index in [1.165, 1.54) is 0 Å². The molecule has 0 saturated heterocycles. The Morgan fingerprint density at radius 1 is 1.62 bits per heavy atom. The van der Waals surface area contributed by atoms with Gasteiger partial charge < -0.3 is 6.53 Å². The first-order valence-electron chi connectivity index (χ1n) is 1.50. The number of alkyl halides is 1. The summed E-state index contributed by atoms with van der Waals surface area (Å²) in [7, 11) is 0. The average Bonchev–Trinajstić information content (AvgIpc) is 1.65. The summed E-state index contributed by atoms with van der Waals surface area (Å²) in [6.07, 6.45) is 0. The monoisotopic (exact) mass is 238 g/mol. The standard InChI is InChI=1S/C3H3IO3.Na.H/c4-1-2(5)3(6)7;;/h1H2,(H,6,7);;/q;+1;-1. The Bertz CT molecular complexity index is 107. The van der Waals surface area contributed by atoms with Crippen LogP contribution in [0, 0.1) is 0 Å². The van der Waals surface area contributed by atoms with Gasteiger partial charge in [0.1, 0.15) is 0 Å². The van der Waals surface area contributed by atoms with Crippen molar-refractivity contribution in [2.45, 2.75) is 0 Å². The Kier molecular flexibility index (Phi) is 8.73. The number of carbonyl (C=O) groups is 2. The topological polar surface area (TPSA) is 54.4 Å². The Morgan fingerprint density at radius 2 is 2.00 bits per heavy atom. The van der Waals surface area contributed by atoms with Gasteiger partial charge in [0.05, 0.1) is 4.43 Å². The maximum atomic E-state index is 9.90. The van der Waals surface area contributed by atoms with Gasteiger partial charge in [0.15, 0.2) is 0 Å². The van der Waals surface area contributed by atoms with E-state index < -0.39 is 11.8 Å². The zero-order chi connectivity index (χ0) is 5.86. The fraction of sp³-hybridized carbons (Fsp3) is 0.333. The molecule has 1 N–H and O–H groups in total. The molecule has 0 aromatic heterocycles. The summed E-state index contributed by atoms with van der Waals surface area (Å²) in [5.74, 6) is -2.10. The molecule has 0 aliphatic heterocycles. The normalized spacial score (nSPS) is 7.12. The second kappa shape index (κ2) is 6.00. The van der Waals surface area contributed by atoms with Crippen LogP contribution in [-0.2, 0) is 9.59 Å². The van der Waals surface area contributed by atoms with Gasteiger partial charge in [-0.3, -0.25) is 4.79 Å². The van der Waals surface area contributed by atoms with Gasteiger partial charge in [0, 0.05) is 0 Å². The zero-order valence-corrected chi connectivity index (χ0v) is 8.51. The molecule has 3 nitrogen and oxygen atoms in total. The summed E-state index contributed by atoms with van der Waals surface area (Å²) in [6, 6.07) is 0. The number of aliphatic carboxylic acids is 1. The minimum Gasteiger partial charge on any atom is -1.00 e. The van der Waals surface area contributed by atoms with E-state index in [1.807, 2.05) is 0 Å². The summed E-state index contributed by atoms with van der Waals surface area (Å²) in [5, 5.41) is 7.83. The number of carbonyl (C=O) groups excluding carboxylic acids is 1. The predicted molar refractivity (Wildman–Crippen MR) is 32.6 cm³/mol. The molecule has 0 spiro atoms. The molecule has 0 aromatic carbocycles. The van der Waals surface area contributed by atoms with Crippen LogP contribution in [0.3, 0.4) is 0 Å². The van der Waals surface area contributed by atoms with Crippen LogP contribution in [0.4, 0.5) is 0 Å². The van der Waals surface area contributed by atoms with Crippen molar-refractivity contribution in [2.24, 2.45) is 0 Å². The molecule has 0 aromatic rings. The second-order valence-electron chi connectivity index (χ2n) is 0.862. The Labute approximate surface area is 83.7 Å². The van der Waals surface area contributed by atoms with E-state index in [4.69, 9.17) is 5.11 Å². The average molecular weight is 238 g/mol. The number of hydrogen-bond donors (Lipinski definition) is 1. The first-order valence-corrected chi connectivity index (χ1v) is 3.03. The summed E-state index contributed by atoms with van der Waals surface area (Å²) in [5.41, 5.74) is 0. The maximum absolute atomic E-state index is 9.90. The molecular weight excluding hydrogens is 234 g/mol.